The van der Waals surface area contributed by atoms with E-state index in [1.165, 1.54) is 5.56 Å². The standard InChI is InChI=1S/C23H32BrN3O3/c1-2-17-4-3-5-19(23(17)24)18-14-21(29)20(22(30)15-18)16-25-6-7-26-8-10-27(11-9-26)12-13-28/h3-5,16,18,28-29H,2,6-15H2,1H3. The Morgan fingerprint density at radius 3 is 2.50 bits per heavy atom. The second-order valence-electron chi connectivity index (χ2n) is 8.00. The van der Waals surface area contributed by atoms with Gasteiger partial charge in [0.25, 0.3) is 0 Å². The molecule has 2 aliphatic rings. The zero-order valence-electron chi connectivity index (χ0n) is 17.7. The van der Waals surface area contributed by atoms with Crippen LogP contribution in [-0.2, 0) is 11.2 Å². The van der Waals surface area contributed by atoms with E-state index < -0.39 is 0 Å². The molecule has 0 bridgehead atoms. The molecule has 30 heavy (non-hydrogen) atoms. The number of aliphatic imine (C=N–C) groups is 1. The molecule has 0 saturated carbocycles. The molecule has 0 amide bonds. The van der Waals surface area contributed by atoms with Crippen molar-refractivity contribution >= 4 is 27.9 Å². The minimum absolute atomic E-state index is 0.00857. The summed E-state index contributed by atoms with van der Waals surface area (Å²) in [5.41, 5.74) is 2.67. The average Bonchev–Trinajstić information content (AvgIpc) is 2.74. The molecule has 0 radical (unpaired) electrons. The summed E-state index contributed by atoms with van der Waals surface area (Å²) in [7, 11) is 0. The summed E-state index contributed by atoms with van der Waals surface area (Å²) in [6.45, 7) is 8.36. The van der Waals surface area contributed by atoms with Crippen LogP contribution in [-0.4, -0.2) is 84.4 Å². The molecule has 1 saturated heterocycles. The van der Waals surface area contributed by atoms with E-state index in [2.05, 4.69) is 43.7 Å². The normalized spacial score (nSPS) is 21.7. The monoisotopic (exact) mass is 477 g/mol. The Labute approximate surface area is 187 Å². The van der Waals surface area contributed by atoms with Gasteiger partial charge in [-0.05, 0) is 23.5 Å². The first-order valence-electron chi connectivity index (χ1n) is 10.8. The number of Topliss-reactive ketones (excluding diaryl/α,β-unsaturated/α-hetero) is 1. The number of nitrogens with zero attached hydrogens (tertiary/aromatic N) is 3. The average molecular weight is 478 g/mol. The van der Waals surface area contributed by atoms with Gasteiger partial charge in [0.05, 0.1) is 18.7 Å². The first kappa shape index (κ1) is 23.1. The second kappa shape index (κ2) is 11.2. The highest BCUT2D eigenvalue weighted by atomic mass is 79.9. The number of piperazine rings is 1. The van der Waals surface area contributed by atoms with Gasteiger partial charge < -0.3 is 10.2 Å². The lowest BCUT2D eigenvalue weighted by Crippen LogP contribution is -2.47. The Kier molecular flexibility index (Phi) is 8.62. The molecule has 7 heteroatoms. The van der Waals surface area contributed by atoms with E-state index in [0.29, 0.717) is 25.0 Å². The minimum atomic E-state index is -0.0427. The summed E-state index contributed by atoms with van der Waals surface area (Å²) < 4.78 is 1.05. The Morgan fingerprint density at radius 2 is 1.87 bits per heavy atom. The molecule has 1 aliphatic heterocycles. The van der Waals surface area contributed by atoms with E-state index in [-0.39, 0.29) is 24.1 Å². The first-order chi connectivity index (χ1) is 14.5. The van der Waals surface area contributed by atoms with E-state index in [0.717, 1.165) is 55.7 Å². The lowest BCUT2D eigenvalue weighted by atomic mass is 9.82. The van der Waals surface area contributed by atoms with Crippen molar-refractivity contribution in [1.29, 1.82) is 0 Å². The molecule has 6 nitrogen and oxygen atoms in total. The summed E-state index contributed by atoms with van der Waals surface area (Å²) in [5.74, 6) is 0.0936. The third-order valence-electron chi connectivity index (χ3n) is 6.06. The maximum atomic E-state index is 12.7. The number of aryl methyl sites for hydroxylation is 1. The zero-order valence-corrected chi connectivity index (χ0v) is 19.3. The van der Waals surface area contributed by atoms with E-state index in [1.54, 1.807) is 6.21 Å². The van der Waals surface area contributed by atoms with Crippen LogP contribution in [0.25, 0.3) is 0 Å². The van der Waals surface area contributed by atoms with E-state index in [4.69, 9.17) is 5.11 Å². The number of rotatable bonds is 8. The highest BCUT2D eigenvalue weighted by Gasteiger charge is 2.29. The third-order valence-corrected chi connectivity index (χ3v) is 7.03. The Hall–Kier alpha value is -1.54. The van der Waals surface area contributed by atoms with Crippen LogP contribution in [0.2, 0.25) is 0 Å². The molecular formula is C23H32BrN3O3. The number of allylic oxidation sites excluding steroid dienone is 2. The molecule has 2 N–H and O–H groups in total. The Balaban J connectivity index is 1.55. The van der Waals surface area contributed by atoms with Crippen LogP contribution >= 0.6 is 15.9 Å². The topological polar surface area (TPSA) is 76.4 Å². The number of carbonyl (C=O) groups is 1. The SMILES string of the molecule is CCc1cccc(C2CC(=O)C(C=NCCN3CCN(CCO)CC3)=C(O)C2)c1Br. The number of aliphatic hydroxyl groups is 2. The maximum absolute atomic E-state index is 12.7. The molecule has 0 spiro atoms. The van der Waals surface area contributed by atoms with Gasteiger partial charge in [0.2, 0.25) is 0 Å². The third kappa shape index (κ3) is 5.78. The van der Waals surface area contributed by atoms with Crippen molar-refractivity contribution in [3.05, 3.63) is 45.1 Å². The molecule has 1 atom stereocenters. The zero-order chi connectivity index (χ0) is 21.5. The largest absolute Gasteiger partial charge is 0.511 e. The summed E-state index contributed by atoms with van der Waals surface area (Å²) in [5, 5.41) is 19.5. The van der Waals surface area contributed by atoms with Crippen LogP contribution in [0.3, 0.4) is 0 Å². The quantitative estimate of drug-likeness (QED) is 0.562. The number of benzene rings is 1. The molecule has 1 aliphatic carbocycles. The summed E-state index contributed by atoms with van der Waals surface area (Å²) in [4.78, 5) is 21.7. The summed E-state index contributed by atoms with van der Waals surface area (Å²) in [6, 6.07) is 6.14. The van der Waals surface area contributed by atoms with Gasteiger partial charge in [-0.1, -0.05) is 41.1 Å². The highest BCUT2D eigenvalue weighted by Crippen LogP contribution is 2.38. The van der Waals surface area contributed by atoms with Crippen molar-refractivity contribution < 1.29 is 15.0 Å². The van der Waals surface area contributed by atoms with Gasteiger partial charge in [-0.2, -0.15) is 0 Å². The van der Waals surface area contributed by atoms with Gasteiger partial charge in [-0.3, -0.25) is 19.6 Å². The predicted octanol–water partition coefficient (Wildman–Crippen LogP) is 2.95. The van der Waals surface area contributed by atoms with Gasteiger partial charge in [0, 0.05) is 62.8 Å². The van der Waals surface area contributed by atoms with E-state index in [9.17, 15) is 9.90 Å². The number of hydrogen-bond donors (Lipinski definition) is 2. The molecule has 1 aromatic rings. The van der Waals surface area contributed by atoms with Gasteiger partial charge in [-0.25, -0.2) is 0 Å². The summed E-state index contributed by atoms with van der Waals surface area (Å²) >= 11 is 3.68. The number of carbonyl (C=O) groups excluding carboxylic acids is 1. The Bertz CT molecular complexity index is 801. The maximum Gasteiger partial charge on any atom is 0.168 e. The number of halogens is 1. The lowest BCUT2D eigenvalue weighted by Gasteiger charge is -2.33. The van der Waals surface area contributed by atoms with Crippen molar-refractivity contribution in [2.24, 2.45) is 4.99 Å². The fourth-order valence-corrected chi connectivity index (χ4v) is 5.07. The van der Waals surface area contributed by atoms with Crippen LogP contribution in [0.5, 0.6) is 0 Å². The van der Waals surface area contributed by atoms with E-state index in [1.807, 2.05) is 12.1 Å². The van der Waals surface area contributed by atoms with Crippen LogP contribution in [0, 0.1) is 0 Å². The fraction of sp³-hybridized carbons (Fsp3) is 0.565. The van der Waals surface area contributed by atoms with Crippen molar-refractivity contribution in [1.82, 2.24) is 9.80 Å². The number of ketones is 1. The number of hydrogen-bond acceptors (Lipinski definition) is 6. The molecule has 1 aromatic carbocycles. The second-order valence-corrected chi connectivity index (χ2v) is 8.80. The molecule has 0 aromatic heterocycles. The van der Waals surface area contributed by atoms with Crippen LogP contribution in [0.15, 0.2) is 39.0 Å². The number of aliphatic hydroxyl groups excluding tert-OH is 2. The van der Waals surface area contributed by atoms with Crippen LogP contribution in [0.4, 0.5) is 0 Å². The molecular weight excluding hydrogens is 446 g/mol. The van der Waals surface area contributed by atoms with Crippen molar-refractivity contribution in [3.63, 3.8) is 0 Å². The minimum Gasteiger partial charge on any atom is -0.511 e. The van der Waals surface area contributed by atoms with E-state index >= 15 is 0 Å². The fourth-order valence-electron chi connectivity index (χ4n) is 4.20. The van der Waals surface area contributed by atoms with Crippen molar-refractivity contribution in [2.45, 2.75) is 32.1 Å². The first-order valence-corrected chi connectivity index (χ1v) is 11.6. The highest BCUT2D eigenvalue weighted by molar-refractivity contribution is 9.10. The molecule has 1 fully saturated rings. The number of β-amino-alcohol motifs (C(OH)–C–C–N with tert-alkyl or cyclic N) is 1. The molecule has 164 valence electrons. The van der Waals surface area contributed by atoms with Gasteiger partial charge >= 0.3 is 0 Å². The van der Waals surface area contributed by atoms with Crippen LogP contribution < -0.4 is 0 Å². The van der Waals surface area contributed by atoms with Gasteiger partial charge in [0.15, 0.2) is 5.78 Å². The van der Waals surface area contributed by atoms with Gasteiger partial charge in [0.1, 0.15) is 5.76 Å². The smallest absolute Gasteiger partial charge is 0.168 e. The summed E-state index contributed by atoms with van der Waals surface area (Å²) in [6.07, 6.45) is 3.34. The molecule has 3 rings (SSSR count). The molecule has 1 unspecified atom stereocenters. The van der Waals surface area contributed by atoms with Crippen molar-refractivity contribution in [3.8, 4) is 0 Å². The predicted molar refractivity (Wildman–Crippen MR) is 123 cm³/mol. The van der Waals surface area contributed by atoms with Gasteiger partial charge in [-0.15, -0.1) is 0 Å². The van der Waals surface area contributed by atoms with Crippen molar-refractivity contribution in [2.75, 3.05) is 52.4 Å². The lowest BCUT2D eigenvalue weighted by molar-refractivity contribution is -0.116. The molecule has 1 heterocycles. The van der Waals surface area contributed by atoms with Crippen LogP contribution in [0.1, 0.15) is 36.8 Å². The Morgan fingerprint density at radius 1 is 1.17 bits per heavy atom.